The molecule has 0 atom stereocenters. The first-order valence-electron chi connectivity index (χ1n) is 4.78. The maximum atomic E-state index is 5.92. The van der Waals surface area contributed by atoms with Crippen molar-refractivity contribution < 1.29 is 4.43 Å². The number of hydrogen-bond donors (Lipinski definition) is 0. The summed E-state index contributed by atoms with van der Waals surface area (Å²) in [4.78, 5) is 0. The fraction of sp³-hybridized carbons (Fsp3) is 0.778. The predicted molar refractivity (Wildman–Crippen MR) is 60.9 cm³/mol. The minimum atomic E-state index is -1.33. The van der Waals surface area contributed by atoms with Crippen molar-refractivity contribution in [1.29, 1.82) is 0 Å². The molecule has 70 valence electrons. The van der Waals surface area contributed by atoms with Crippen LogP contribution >= 0.6 is 0 Å². The van der Waals surface area contributed by atoms with E-state index in [1.165, 1.54) is 18.1 Å². The van der Waals surface area contributed by atoms with Crippen molar-refractivity contribution in [3.63, 3.8) is 0 Å². The Morgan fingerprint density at radius 2 is 1.67 bits per heavy atom. The zero-order chi connectivity index (χ0) is 9.45. The van der Waals surface area contributed by atoms with E-state index < -0.39 is 8.32 Å². The van der Waals surface area contributed by atoms with Crippen molar-refractivity contribution in [3.05, 3.63) is 0 Å². The molecule has 0 aliphatic carbocycles. The van der Waals surface area contributed by atoms with Crippen LogP contribution in [0.4, 0.5) is 0 Å². The van der Waals surface area contributed by atoms with Gasteiger partial charge in [0, 0.05) is 0 Å². The molecule has 0 bridgehead atoms. The Hall–Kier alpha value is 0.536. The molecule has 0 saturated carbocycles. The van der Waals surface area contributed by atoms with E-state index in [2.05, 4.69) is 30.6 Å². The summed E-state index contributed by atoms with van der Waals surface area (Å²) in [6.45, 7) is 7.43. The van der Waals surface area contributed by atoms with E-state index >= 15 is 0 Å². The van der Waals surface area contributed by atoms with E-state index in [-0.39, 0.29) is 0 Å². The molecule has 0 aliphatic heterocycles. The van der Waals surface area contributed by atoms with Crippen LogP contribution < -0.4 is 0 Å². The van der Waals surface area contributed by atoms with Crippen molar-refractivity contribution in [2.24, 2.45) is 0 Å². The first-order chi connectivity index (χ1) is 5.74. The molecule has 0 heterocycles. The third kappa shape index (κ3) is 3.97. The summed E-state index contributed by atoms with van der Waals surface area (Å²) in [5.74, 6) is 3.06. The van der Waals surface area contributed by atoms with Gasteiger partial charge in [-0.2, -0.15) is 0 Å². The molecule has 3 heteroatoms. The molecule has 0 fully saturated rings. The summed E-state index contributed by atoms with van der Waals surface area (Å²) in [6, 6.07) is 3.69. The topological polar surface area (TPSA) is 9.23 Å². The van der Waals surface area contributed by atoms with Gasteiger partial charge in [0.05, 0.1) is 0 Å². The molecule has 1 nitrogen and oxygen atoms in total. The minimum absolute atomic E-state index is 0.514. The Balaban J connectivity index is 3.98. The first kappa shape index (κ1) is 12.5. The fourth-order valence-electron chi connectivity index (χ4n) is 1.32. The van der Waals surface area contributed by atoms with Crippen molar-refractivity contribution in [2.45, 2.75) is 38.9 Å². The van der Waals surface area contributed by atoms with Crippen LogP contribution in [0.25, 0.3) is 0 Å². The van der Waals surface area contributed by atoms with E-state index in [9.17, 15) is 0 Å². The third-order valence-electron chi connectivity index (χ3n) is 2.56. The molecule has 0 saturated heterocycles. The van der Waals surface area contributed by atoms with Crippen LogP contribution in [-0.4, -0.2) is 37.4 Å². The summed E-state index contributed by atoms with van der Waals surface area (Å²) < 4.78 is 8.99. The zero-order valence-electron chi connectivity index (χ0n) is 8.74. The molecule has 0 aromatic carbocycles. The van der Waals surface area contributed by atoms with Gasteiger partial charge in [0.1, 0.15) is 0 Å². The van der Waals surface area contributed by atoms with E-state index in [0.717, 1.165) is 0 Å². The number of hydrogen-bond acceptors (Lipinski definition) is 1. The van der Waals surface area contributed by atoms with Gasteiger partial charge in [-0.15, -0.1) is 0 Å². The van der Waals surface area contributed by atoms with E-state index in [0.29, 0.717) is 29.1 Å². The van der Waals surface area contributed by atoms with Crippen LogP contribution in [0, 0.1) is 9.86 Å². The SMILES string of the molecule is CC[Si](CC)(CC)OCC#[C][SnH3]. The summed E-state index contributed by atoms with van der Waals surface area (Å²) in [5, 5.41) is 0. The Morgan fingerprint density at radius 3 is 2.00 bits per heavy atom. The summed E-state index contributed by atoms with van der Waals surface area (Å²) in [5.41, 5.74) is 0. The quantitative estimate of drug-likeness (QED) is 0.548. The summed E-state index contributed by atoms with van der Waals surface area (Å²) in [6.07, 6.45) is 0. The fourth-order valence-corrected chi connectivity index (χ4v) is 4.22. The van der Waals surface area contributed by atoms with Gasteiger partial charge in [0.2, 0.25) is 0 Å². The van der Waals surface area contributed by atoms with Crippen LogP contribution in [0.15, 0.2) is 0 Å². The molecule has 0 aliphatic rings. The average Bonchev–Trinajstić information content (AvgIpc) is 2.14. The second-order valence-corrected chi connectivity index (χ2v) is 9.16. The van der Waals surface area contributed by atoms with Crippen LogP contribution in [0.5, 0.6) is 0 Å². The van der Waals surface area contributed by atoms with Gasteiger partial charge >= 0.3 is 90.6 Å². The molecular formula is C9H20OSiSn. The molecule has 0 aromatic rings. The van der Waals surface area contributed by atoms with E-state index in [1.807, 2.05) is 0 Å². The standard InChI is InChI=1S/C9H17OSi.Sn.3H/c1-5-9-10-11(6-2,7-3)8-4;;;;/h6-9H2,2-4H3;;;;. The molecule has 0 aromatic heterocycles. The van der Waals surface area contributed by atoms with Crippen molar-refractivity contribution in [2.75, 3.05) is 6.61 Å². The second kappa shape index (κ2) is 6.99. The second-order valence-electron chi connectivity index (χ2n) is 2.96. The van der Waals surface area contributed by atoms with Crippen LogP contribution in [-0.2, 0) is 4.43 Å². The van der Waals surface area contributed by atoms with Crippen molar-refractivity contribution in [3.8, 4) is 9.86 Å². The Morgan fingerprint density at radius 1 is 1.17 bits per heavy atom. The third-order valence-corrected chi connectivity index (χ3v) is 8.19. The first-order valence-corrected chi connectivity index (χ1v) is 10.2. The molecular weight excluding hydrogens is 271 g/mol. The van der Waals surface area contributed by atoms with Gasteiger partial charge < -0.3 is 0 Å². The zero-order valence-corrected chi connectivity index (χ0v) is 15.4. The van der Waals surface area contributed by atoms with Gasteiger partial charge in [-0.1, -0.05) is 0 Å². The van der Waals surface area contributed by atoms with E-state index in [4.69, 9.17) is 4.43 Å². The molecule has 0 N–H and O–H groups in total. The predicted octanol–water partition coefficient (Wildman–Crippen LogP) is 1.33. The molecule has 0 amide bonds. The normalized spacial score (nSPS) is 10.9. The Kier molecular flexibility index (Phi) is 7.30. The van der Waals surface area contributed by atoms with Gasteiger partial charge in [-0.3, -0.25) is 0 Å². The maximum absolute atomic E-state index is 5.92. The average molecular weight is 291 g/mol. The van der Waals surface area contributed by atoms with Crippen LogP contribution in [0.1, 0.15) is 20.8 Å². The van der Waals surface area contributed by atoms with Gasteiger partial charge in [-0.05, 0) is 0 Å². The number of rotatable bonds is 5. The Labute approximate surface area is 90.5 Å². The summed E-state index contributed by atoms with van der Waals surface area (Å²) in [7, 11) is -1.33. The molecule has 0 unspecified atom stereocenters. The van der Waals surface area contributed by atoms with Gasteiger partial charge in [-0.25, -0.2) is 0 Å². The monoisotopic (exact) mass is 292 g/mol. The molecule has 0 radical (unpaired) electrons. The van der Waals surface area contributed by atoms with Crippen molar-refractivity contribution in [1.82, 2.24) is 0 Å². The van der Waals surface area contributed by atoms with Crippen LogP contribution in [0.2, 0.25) is 18.1 Å². The van der Waals surface area contributed by atoms with E-state index in [1.54, 1.807) is 0 Å². The van der Waals surface area contributed by atoms with Crippen molar-refractivity contribution >= 4 is 30.8 Å². The van der Waals surface area contributed by atoms with Gasteiger partial charge in [0.25, 0.3) is 0 Å². The molecule has 0 spiro atoms. The Bertz CT molecular complexity index is 159. The summed E-state index contributed by atoms with van der Waals surface area (Å²) >= 11 is 0.514. The molecule has 12 heavy (non-hydrogen) atoms. The van der Waals surface area contributed by atoms with Crippen LogP contribution in [0.3, 0.4) is 0 Å². The molecule has 0 rings (SSSR count). The van der Waals surface area contributed by atoms with Gasteiger partial charge in [0.15, 0.2) is 0 Å².